The number of carbonyl (C=O) groups is 2. The minimum absolute atomic E-state index is 0.194. The van der Waals surface area contributed by atoms with Gasteiger partial charge in [-0.15, -0.1) is 22.7 Å². The maximum absolute atomic E-state index is 12.3. The van der Waals surface area contributed by atoms with Crippen molar-refractivity contribution < 1.29 is 14.3 Å². The van der Waals surface area contributed by atoms with E-state index >= 15 is 0 Å². The number of rotatable bonds is 4. The SMILES string of the molecule is CCOC(=O)N1CCc2c(sc(NC(=O)Cc3ccc(Cl)s3)c2C#N)C1. The highest BCUT2D eigenvalue weighted by atomic mass is 35.5. The number of anilines is 1. The fourth-order valence-corrected chi connectivity index (χ4v) is 5.07. The molecular formula is C17H16ClN3O3S2. The Hall–Kier alpha value is -2.08. The van der Waals surface area contributed by atoms with Crippen LogP contribution in [0.2, 0.25) is 4.34 Å². The van der Waals surface area contributed by atoms with E-state index in [1.54, 1.807) is 17.9 Å². The average molecular weight is 410 g/mol. The van der Waals surface area contributed by atoms with E-state index in [2.05, 4.69) is 11.4 Å². The topological polar surface area (TPSA) is 82.4 Å². The monoisotopic (exact) mass is 409 g/mol. The third-order valence-corrected chi connectivity index (χ3v) is 6.27. The third kappa shape index (κ3) is 4.01. The Kier molecular flexibility index (Phi) is 5.81. The molecule has 3 rings (SSSR count). The van der Waals surface area contributed by atoms with Crippen LogP contribution in [0.5, 0.6) is 0 Å². The summed E-state index contributed by atoms with van der Waals surface area (Å²) in [6, 6.07) is 5.76. The number of nitrogens with one attached hydrogen (secondary N) is 1. The highest BCUT2D eigenvalue weighted by Crippen LogP contribution is 2.37. The van der Waals surface area contributed by atoms with Gasteiger partial charge in [-0.1, -0.05) is 11.6 Å². The van der Waals surface area contributed by atoms with Crippen LogP contribution < -0.4 is 5.32 Å². The molecule has 2 amide bonds. The lowest BCUT2D eigenvalue weighted by Gasteiger charge is -2.25. The molecule has 1 N–H and O–H groups in total. The second-order valence-corrected chi connectivity index (χ2v) is 8.53. The van der Waals surface area contributed by atoms with Crippen LogP contribution in [0.1, 0.15) is 27.8 Å². The number of fused-ring (bicyclic) bond motifs is 1. The first-order valence-electron chi connectivity index (χ1n) is 8.02. The molecule has 0 atom stereocenters. The molecule has 0 aliphatic carbocycles. The van der Waals surface area contributed by atoms with E-state index < -0.39 is 0 Å². The van der Waals surface area contributed by atoms with Gasteiger partial charge in [-0.2, -0.15) is 5.26 Å². The van der Waals surface area contributed by atoms with Crippen LogP contribution >= 0.6 is 34.3 Å². The molecular weight excluding hydrogens is 394 g/mol. The summed E-state index contributed by atoms with van der Waals surface area (Å²) in [6.07, 6.45) is 0.425. The number of hydrogen-bond donors (Lipinski definition) is 1. The summed E-state index contributed by atoms with van der Waals surface area (Å²) in [7, 11) is 0. The van der Waals surface area contributed by atoms with Crippen molar-refractivity contribution in [3.05, 3.63) is 37.4 Å². The highest BCUT2D eigenvalue weighted by molar-refractivity contribution is 7.17. The zero-order valence-electron chi connectivity index (χ0n) is 14.0. The molecule has 0 fully saturated rings. The van der Waals surface area contributed by atoms with E-state index in [0.29, 0.717) is 41.0 Å². The number of hydrogen-bond acceptors (Lipinski definition) is 6. The van der Waals surface area contributed by atoms with Gasteiger partial charge in [-0.25, -0.2) is 4.79 Å². The summed E-state index contributed by atoms with van der Waals surface area (Å²) in [4.78, 5) is 27.6. The van der Waals surface area contributed by atoms with Gasteiger partial charge in [0, 0.05) is 16.3 Å². The van der Waals surface area contributed by atoms with Crippen LogP contribution in [0.25, 0.3) is 0 Å². The van der Waals surface area contributed by atoms with Crippen molar-refractivity contribution in [2.75, 3.05) is 18.5 Å². The Morgan fingerprint density at radius 1 is 1.42 bits per heavy atom. The highest BCUT2D eigenvalue weighted by Gasteiger charge is 2.28. The lowest BCUT2D eigenvalue weighted by molar-refractivity contribution is -0.115. The van der Waals surface area contributed by atoms with Crippen molar-refractivity contribution >= 4 is 51.3 Å². The molecule has 26 heavy (non-hydrogen) atoms. The van der Waals surface area contributed by atoms with Crippen LogP contribution in [0.4, 0.5) is 9.80 Å². The van der Waals surface area contributed by atoms with Crippen molar-refractivity contribution in [3.8, 4) is 6.07 Å². The number of amides is 2. The predicted molar refractivity (Wildman–Crippen MR) is 102 cm³/mol. The Balaban J connectivity index is 1.74. The molecule has 3 heterocycles. The number of nitrogens with zero attached hydrogens (tertiary/aromatic N) is 2. The molecule has 0 saturated carbocycles. The van der Waals surface area contributed by atoms with Crippen LogP contribution in [0, 0.1) is 11.3 Å². The minimum Gasteiger partial charge on any atom is -0.450 e. The maximum atomic E-state index is 12.3. The minimum atomic E-state index is -0.356. The quantitative estimate of drug-likeness (QED) is 0.826. The molecule has 0 bridgehead atoms. The zero-order valence-corrected chi connectivity index (χ0v) is 16.4. The molecule has 1 aliphatic heterocycles. The second kappa shape index (κ2) is 8.08. The van der Waals surface area contributed by atoms with Gasteiger partial charge < -0.3 is 15.0 Å². The summed E-state index contributed by atoms with van der Waals surface area (Å²) in [5.74, 6) is -0.194. The van der Waals surface area contributed by atoms with Crippen LogP contribution in [0.15, 0.2) is 12.1 Å². The molecule has 0 aromatic carbocycles. The predicted octanol–water partition coefficient (Wildman–Crippen LogP) is 4.03. The van der Waals surface area contributed by atoms with Crippen LogP contribution in [0.3, 0.4) is 0 Å². The number of carbonyl (C=O) groups excluding carboxylic acids is 2. The van der Waals surface area contributed by atoms with E-state index in [4.69, 9.17) is 16.3 Å². The van der Waals surface area contributed by atoms with Gasteiger partial charge in [0.25, 0.3) is 0 Å². The van der Waals surface area contributed by atoms with Crippen molar-refractivity contribution in [2.45, 2.75) is 26.3 Å². The Morgan fingerprint density at radius 2 is 2.23 bits per heavy atom. The Morgan fingerprint density at radius 3 is 2.88 bits per heavy atom. The van der Waals surface area contributed by atoms with E-state index in [0.717, 1.165) is 15.3 Å². The zero-order chi connectivity index (χ0) is 18.7. The third-order valence-electron chi connectivity index (χ3n) is 3.91. The second-order valence-electron chi connectivity index (χ2n) is 5.62. The number of ether oxygens (including phenoxy) is 1. The first-order valence-corrected chi connectivity index (χ1v) is 10.0. The maximum Gasteiger partial charge on any atom is 0.410 e. The van der Waals surface area contributed by atoms with Crippen molar-refractivity contribution in [2.24, 2.45) is 0 Å². The van der Waals surface area contributed by atoms with Gasteiger partial charge in [0.05, 0.1) is 29.5 Å². The van der Waals surface area contributed by atoms with Gasteiger partial charge in [-0.05, 0) is 31.0 Å². The molecule has 136 valence electrons. The van der Waals surface area contributed by atoms with Gasteiger partial charge in [-0.3, -0.25) is 4.79 Å². The first-order chi connectivity index (χ1) is 12.5. The van der Waals surface area contributed by atoms with Gasteiger partial charge in [0.1, 0.15) is 11.1 Å². The summed E-state index contributed by atoms with van der Waals surface area (Å²) in [5.41, 5.74) is 1.40. The van der Waals surface area contributed by atoms with Crippen LogP contribution in [-0.2, 0) is 28.9 Å². The normalized spacial score (nSPS) is 13.0. The van der Waals surface area contributed by atoms with Crippen molar-refractivity contribution in [1.82, 2.24) is 4.90 Å². The summed E-state index contributed by atoms with van der Waals surface area (Å²) < 4.78 is 5.68. The fourth-order valence-electron chi connectivity index (χ4n) is 2.76. The molecule has 0 radical (unpaired) electrons. The molecule has 2 aromatic heterocycles. The molecule has 0 saturated heterocycles. The van der Waals surface area contributed by atoms with E-state index in [9.17, 15) is 14.9 Å². The summed E-state index contributed by atoms with van der Waals surface area (Å²) >= 11 is 8.59. The van der Waals surface area contributed by atoms with Crippen molar-refractivity contribution in [1.29, 1.82) is 5.26 Å². The first kappa shape index (κ1) is 18.7. The number of thiophene rings is 2. The molecule has 9 heteroatoms. The van der Waals surface area contributed by atoms with Gasteiger partial charge in [0.2, 0.25) is 5.91 Å². The summed E-state index contributed by atoms with van der Waals surface area (Å²) in [5, 5.41) is 12.9. The average Bonchev–Trinajstić information content (AvgIpc) is 3.16. The smallest absolute Gasteiger partial charge is 0.410 e. The fraction of sp³-hybridized carbons (Fsp3) is 0.353. The lowest BCUT2D eigenvalue weighted by Crippen LogP contribution is -2.35. The Labute approximate surface area is 163 Å². The Bertz CT molecular complexity index is 884. The lowest BCUT2D eigenvalue weighted by atomic mass is 10.0. The largest absolute Gasteiger partial charge is 0.450 e. The van der Waals surface area contributed by atoms with E-state index in [-0.39, 0.29) is 18.4 Å². The van der Waals surface area contributed by atoms with Gasteiger partial charge in [0.15, 0.2) is 0 Å². The number of halogens is 1. The number of nitriles is 1. The molecule has 6 nitrogen and oxygen atoms in total. The standard InChI is InChI=1S/C17H16ClN3O3S2/c1-2-24-17(23)21-6-5-11-12(8-19)16(26-13(11)9-21)20-15(22)7-10-3-4-14(18)25-10/h3-4H,2,5-7,9H2,1H3,(H,20,22). The van der Waals surface area contributed by atoms with E-state index in [1.807, 2.05) is 6.07 Å². The van der Waals surface area contributed by atoms with Gasteiger partial charge >= 0.3 is 6.09 Å². The van der Waals surface area contributed by atoms with Crippen molar-refractivity contribution in [3.63, 3.8) is 0 Å². The molecule has 1 aliphatic rings. The van der Waals surface area contributed by atoms with Crippen LogP contribution in [-0.4, -0.2) is 30.1 Å². The molecule has 2 aromatic rings. The molecule has 0 unspecified atom stereocenters. The molecule has 0 spiro atoms. The van der Waals surface area contributed by atoms with E-state index in [1.165, 1.54) is 22.7 Å². The summed E-state index contributed by atoms with van der Waals surface area (Å²) in [6.45, 7) is 2.98.